The van der Waals surface area contributed by atoms with E-state index in [1.165, 1.54) is 24.3 Å². The van der Waals surface area contributed by atoms with E-state index in [0.717, 1.165) is 15.9 Å². The number of carbonyl (C=O) groups excluding carboxylic acids is 3. The maximum absolute atomic E-state index is 13.7. The number of nitrogens with one attached hydrogen (secondary N) is 3. The van der Waals surface area contributed by atoms with Crippen molar-refractivity contribution in [1.29, 1.82) is 0 Å². The highest BCUT2D eigenvalue weighted by Crippen LogP contribution is 2.24. The SMILES string of the molecule is CC(NC(=O)c1ccc(Br)s1)C(=O)Nc1cc(F)ccc1NC(=O)OC(C)(C)C. The zero-order valence-corrected chi connectivity index (χ0v) is 18.7. The van der Waals surface area contributed by atoms with Gasteiger partial charge in [-0.2, -0.15) is 0 Å². The summed E-state index contributed by atoms with van der Waals surface area (Å²) < 4.78 is 19.6. The lowest BCUT2D eigenvalue weighted by molar-refractivity contribution is -0.117. The Morgan fingerprint density at radius 2 is 1.79 bits per heavy atom. The minimum atomic E-state index is -0.902. The molecule has 1 heterocycles. The van der Waals surface area contributed by atoms with Gasteiger partial charge in [0, 0.05) is 0 Å². The molecule has 0 bridgehead atoms. The van der Waals surface area contributed by atoms with Crippen LogP contribution < -0.4 is 16.0 Å². The minimum Gasteiger partial charge on any atom is -0.444 e. The van der Waals surface area contributed by atoms with Crippen molar-refractivity contribution in [1.82, 2.24) is 5.32 Å². The molecule has 10 heteroatoms. The van der Waals surface area contributed by atoms with E-state index >= 15 is 0 Å². The first-order chi connectivity index (χ1) is 13.4. The predicted molar refractivity (Wildman–Crippen MR) is 114 cm³/mol. The van der Waals surface area contributed by atoms with E-state index in [-0.39, 0.29) is 11.4 Å². The maximum Gasteiger partial charge on any atom is 0.412 e. The summed E-state index contributed by atoms with van der Waals surface area (Å²) in [7, 11) is 0. The number of halogens is 2. The van der Waals surface area contributed by atoms with Crippen LogP contribution in [0, 0.1) is 5.82 Å². The first-order valence-electron chi connectivity index (χ1n) is 8.61. The Kier molecular flexibility index (Phi) is 7.37. The normalized spacial score (nSPS) is 12.1. The molecule has 0 aliphatic heterocycles. The van der Waals surface area contributed by atoms with Gasteiger partial charge in [0.25, 0.3) is 5.91 Å². The van der Waals surface area contributed by atoms with Crippen LogP contribution >= 0.6 is 27.3 Å². The molecule has 0 aliphatic carbocycles. The molecule has 29 heavy (non-hydrogen) atoms. The molecule has 2 aromatic rings. The Morgan fingerprint density at radius 3 is 2.38 bits per heavy atom. The average molecular weight is 486 g/mol. The van der Waals surface area contributed by atoms with E-state index in [1.807, 2.05) is 0 Å². The van der Waals surface area contributed by atoms with Gasteiger partial charge in [0.2, 0.25) is 5.91 Å². The van der Waals surface area contributed by atoms with Crippen LogP contribution in [0.5, 0.6) is 0 Å². The second-order valence-electron chi connectivity index (χ2n) is 7.10. The summed E-state index contributed by atoms with van der Waals surface area (Å²) in [6.45, 7) is 6.61. The summed E-state index contributed by atoms with van der Waals surface area (Å²) in [5, 5.41) is 7.55. The Bertz CT molecular complexity index is 926. The topological polar surface area (TPSA) is 96.5 Å². The summed E-state index contributed by atoms with van der Waals surface area (Å²) in [6.07, 6.45) is -0.746. The highest BCUT2D eigenvalue weighted by atomic mass is 79.9. The number of amides is 3. The Labute approximate surface area is 180 Å². The fraction of sp³-hybridized carbons (Fsp3) is 0.316. The number of benzene rings is 1. The summed E-state index contributed by atoms with van der Waals surface area (Å²) in [6, 6.07) is 5.97. The van der Waals surface area contributed by atoms with E-state index in [1.54, 1.807) is 32.9 Å². The fourth-order valence-corrected chi connectivity index (χ4v) is 3.44. The minimum absolute atomic E-state index is 0.0424. The molecule has 3 N–H and O–H groups in total. The molecule has 0 spiro atoms. The van der Waals surface area contributed by atoms with Crippen LogP contribution in [-0.2, 0) is 9.53 Å². The molecule has 156 valence electrons. The van der Waals surface area contributed by atoms with E-state index < -0.39 is 35.4 Å². The van der Waals surface area contributed by atoms with Crippen molar-refractivity contribution in [3.63, 3.8) is 0 Å². The lowest BCUT2D eigenvalue weighted by Gasteiger charge is -2.21. The van der Waals surface area contributed by atoms with Crippen molar-refractivity contribution in [3.8, 4) is 0 Å². The standard InChI is InChI=1S/C19H21BrFN3O4S/c1-10(22-17(26)14-7-8-15(20)29-14)16(25)23-13-9-11(21)5-6-12(13)24-18(27)28-19(2,3)4/h5-10H,1-4H3,(H,22,26)(H,23,25)(H,24,27). The van der Waals surface area contributed by atoms with Crippen LogP contribution in [0.4, 0.5) is 20.6 Å². The van der Waals surface area contributed by atoms with Crippen LogP contribution in [0.1, 0.15) is 37.4 Å². The number of anilines is 2. The highest BCUT2D eigenvalue weighted by molar-refractivity contribution is 9.11. The largest absolute Gasteiger partial charge is 0.444 e. The number of hydrogen-bond donors (Lipinski definition) is 3. The molecule has 0 fully saturated rings. The molecule has 0 saturated heterocycles. The van der Waals surface area contributed by atoms with Crippen molar-refractivity contribution in [2.45, 2.75) is 39.3 Å². The lowest BCUT2D eigenvalue weighted by atomic mass is 10.2. The molecule has 1 aromatic carbocycles. The van der Waals surface area contributed by atoms with Crippen LogP contribution in [0.15, 0.2) is 34.1 Å². The highest BCUT2D eigenvalue weighted by Gasteiger charge is 2.21. The van der Waals surface area contributed by atoms with Gasteiger partial charge in [-0.3, -0.25) is 14.9 Å². The average Bonchev–Trinajstić information content (AvgIpc) is 3.02. The van der Waals surface area contributed by atoms with Gasteiger partial charge >= 0.3 is 6.09 Å². The molecule has 1 atom stereocenters. The molecule has 0 saturated carbocycles. The van der Waals surface area contributed by atoms with E-state index in [0.29, 0.717) is 4.88 Å². The third-order valence-corrected chi connectivity index (χ3v) is 5.04. The van der Waals surface area contributed by atoms with Crippen molar-refractivity contribution < 1.29 is 23.5 Å². The van der Waals surface area contributed by atoms with Gasteiger partial charge in [-0.25, -0.2) is 9.18 Å². The van der Waals surface area contributed by atoms with Crippen molar-refractivity contribution in [2.24, 2.45) is 0 Å². The van der Waals surface area contributed by atoms with Gasteiger partial charge < -0.3 is 15.4 Å². The second kappa shape index (κ2) is 9.36. The van der Waals surface area contributed by atoms with E-state index in [2.05, 4.69) is 31.9 Å². The smallest absolute Gasteiger partial charge is 0.412 e. The number of thiophene rings is 1. The van der Waals surface area contributed by atoms with E-state index in [9.17, 15) is 18.8 Å². The van der Waals surface area contributed by atoms with Gasteiger partial charge in [0.05, 0.1) is 20.0 Å². The monoisotopic (exact) mass is 485 g/mol. The maximum atomic E-state index is 13.7. The van der Waals surface area contributed by atoms with Gasteiger partial charge in [-0.15, -0.1) is 11.3 Å². The zero-order valence-electron chi connectivity index (χ0n) is 16.3. The molecular weight excluding hydrogens is 465 g/mol. The first-order valence-corrected chi connectivity index (χ1v) is 10.2. The number of hydrogen-bond acceptors (Lipinski definition) is 5. The third-order valence-electron chi connectivity index (χ3n) is 3.41. The summed E-state index contributed by atoms with van der Waals surface area (Å²) in [4.78, 5) is 37.1. The van der Waals surface area contributed by atoms with Gasteiger partial charge in [0.15, 0.2) is 0 Å². The molecule has 1 aromatic heterocycles. The Morgan fingerprint density at radius 1 is 1.10 bits per heavy atom. The molecule has 2 rings (SSSR count). The first kappa shape index (κ1) is 22.8. The van der Waals surface area contributed by atoms with E-state index in [4.69, 9.17) is 4.74 Å². The van der Waals surface area contributed by atoms with Gasteiger partial charge in [0.1, 0.15) is 17.5 Å². The molecule has 0 radical (unpaired) electrons. The number of rotatable bonds is 5. The number of carbonyl (C=O) groups is 3. The molecule has 3 amide bonds. The van der Waals surface area contributed by atoms with Gasteiger partial charge in [-0.1, -0.05) is 0 Å². The van der Waals surface area contributed by atoms with Crippen molar-refractivity contribution in [3.05, 3.63) is 44.8 Å². The zero-order chi connectivity index (χ0) is 21.8. The predicted octanol–water partition coefficient (Wildman–Crippen LogP) is 4.75. The third kappa shape index (κ3) is 7.13. The van der Waals surface area contributed by atoms with Crippen LogP contribution in [0.2, 0.25) is 0 Å². The Balaban J connectivity index is 2.07. The second-order valence-corrected chi connectivity index (χ2v) is 9.57. The van der Waals surface area contributed by atoms with Gasteiger partial charge in [-0.05, 0) is 74.0 Å². The van der Waals surface area contributed by atoms with Crippen molar-refractivity contribution in [2.75, 3.05) is 10.6 Å². The molecule has 7 nitrogen and oxygen atoms in total. The molecule has 0 aliphatic rings. The molecule has 1 unspecified atom stereocenters. The van der Waals surface area contributed by atoms with Crippen LogP contribution in [0.25, 0.3) is 0 Å². The Hall–Kier alpha value is -2.46. The quantitative estimate of drug-likeness (QED) is 0.568. The fourth-order valence-electron chi connectivity index (χ4n) is 2.15. The van der Waals surface area contributed by atoms with Crippen LogP contribution in [-0.4, -0.2) is 29.6 Å². The number of ether oxygens (including phenoxy) is 1. The van der Waals surface area contributed by atoms with Crippen molar-refractivity contribution >= 4 is 56.5 Å². The summed E-state index contributed by atoms with van der Waals surface area (Å²) in [5.41, 5.74) is -0.515. The summed E-state index contributed by atoms with van der Waals surface area (Å²) >= 11 is 4.50. The molecular formula is C19H21BrFN3O4S. The van der Waals surface area contributed by atoms with Crippen LogP contribution in [0.3, 0.4) is 0 Å². The summed E-state index contributed by atoms with van der Waals surface area (Å²) in [5.74, 6) is -1.59. The lowest BCUT2D eigenvalue weighted by Crippen LogP contribution is -2.41.